The van der Waals surface area contributed by atoms with Crippen LogP contribution in [-0.2, 0) is 13.1 Å². The van der Waals surface area contributed by atoms with Crippen LogP contribution in [0.25, 0.3) is 0 Å². The highest BCUT2D eigenvalue weighted by Gasteiger charge is 2.53. The number of hydrogen-bond acceptors (Lipinski definition) is 3. The van der Waals surface area contributed by atoms with Crippen molar-refractivity contribution in [2.24, 2.45) is 5.41 Å². The molecule has 6 heteroatoms. The molecule has 1 saturated heterocycles. The number of carbonyl (C=O) groups excluding carboxylic acids is 1. The maximum atomic E-state index is 13.2. The minimum Gasteiger partial charge on any atom is -0.334 e. The number of aromatic nitrogens is 1. The van der Waals surface area contributed by atoms with E-state index in [1.165, 1.54) is 17.8 Å². The lowest BCUT2D eigenvalue weighted by molar-refractivity contribution is 0.109. The van der Waals surface area contributed by atoms with E-state index in [9.17, 15) is 9.18 Å². The molecule has 1 aliphatic heterocycles. The number of benzene rings is 1. The molecule has 0 radical (unpaired) electrons. The third kappa shape index (κ3) is 4.17. The van der Waals surface area contributed by atoms with Gasteiger partial charge in [-0.15, -0.1) is 0 Å². The molecule has 0 bridgehead atoms. The van der Waals surface area contributed by atoms with E-state index >= 15 is 0 Å². The van der Waals surface area contributed by atoms with Crippen molar-refractivity contribution in [2.45, 2.75) is 45.3 Å². The van der Waals surface area contributed by atoms with Crippen LogP contribution in [0.3, 0.4) is 0 Å². The number of carbonyl (C=O) groups is 1. The first kappa shape index (κ1) is 18.9. The molecule has 2 heterocycles. The number of nitrogens with one attached hydrogen (secondary N) is 2. The summed E-state index contributed by atoms with van der Waals surface area (Å²) in [5.74, 6) is -0.361. The Morgan fingerprint density at radius 1 is 1.29 bits per heavy atom. The number of halogens is 1. The molecule has 1 aromatic carbocycles. The Kier molecular flexibility index (Phi) is 5.31. The lowest BCUT2D eigenvalue weighted by Crippen LogP contribution is -2.55. The Bertz CT molecular complexity index is 817. The summed E-state index contributed by atoms with van der Waals surface area (Å²) in [4.78, 5) is 19.3. The number of urea groups is 1. The second-order valence-electron chi connectivity index (χ2n) is 8.08. The van der Waals surface area contributed by atoms with Gasteiger partial charge in [-0.2, -0.15) is 0 Å². The Labute approximate surface area is 165 Å². The van der Waals surface area contributed by atoms with Gasteiger partial charge >= 0.3 is 6.03 Å². The molecule has 2 amide bonds. The van der Waals surface area contributed by atoms with E-state index in [0.717, 1.165) is 37.9 Å². The van der Waals surface area contributed by atoms with Gasteiger partial charge in [0, 0.05) is 24.5 Å². The zero-order chi connectivity index (χ0) is 19.6. The van der Waals surface area contributed by atoms with Crippen LogP contribution in [0.5, 0.6) is 0 Å². The summed E-state index contributed by atoms with van der Waals surface area (Å²) in [6, 6.07) is 11.3. The quantitative estimate of drug-likeness (QED) is 0.834. The van der Waals surface area contributed by atoms with Crippen molar-refractivity contribution in [1.82, 2.24) is 20.5 Å². The number of pyridine rings is 1. The van der Waals surface area contributed by atoms with Crippen molar-refractivity contribution >= 4 is 6.03 Å². The third-order valence-corrected chi connectivity index (χ3v) is 5.99. The lowest BCUT2D eigenvalue weighted by Gasteiger charge is -2.40. The van der Waals surface area contributed by atoms with E-state index in [2.05, 4.69) is 15.6 Å². The fourth-order valence-electron chi connectivity index (χ4n) is 4.14. The molecule has 2 fully saturated rings. The molecule has 2 aliphatic rings. The van der Waals surface area contributed by atoms with Crippen LogP contribution in [-0.4, -0.2) is 35.0 Å². The number of hydrogen-bond donors (Lipinski definition) is 2. The van der Waals surface area contributed by atoms with Crippen LogP contribution in [0.4, 0.5) is 9.18 Å². The van der Waals surface area contributed by atoms with E-state index in [0.29, 0.717) is 18.8 Å². The second-order valence-corrected chi connectivity index (χ2v) is 8.08. The van der Waals surface area contributed by atoms with Gasteiger partial charge in [0.2, 0.25) is 0 Å². The summed E-state index contributed by atoms with van der Waals surface area (Å²) in [6.07, 6.45) is 4.43. The standard InChI is InChI=1S/C22H27FN4O/c1-16-2-4-17(5-3-16)12-26-21(28)27(14-19-7-6-18(23)13-25-19)20-8-11-24-15-22(20)9-10-22/h2-7,13,20,24H,8-12,14-15H2,1H3,(H,26,28)/t20-/m0/s1. The number of rotatable bonds is 5. The van der Waals surface area contributed by atoms with Crippen molar-refractivity contribution in [3.8, 4) is 0 Å². The minimum absolute atomic E-state index is 0.0788. The highest BCUT2D eigenvalue weighted by Crippen LogP contribution is 2.52. The summed E-state index contributed by atoms with van der Waals surface area (Å²) in [5.41, 5.74) is 3.16. The van der Waals surface area contributed by atoms with Crippen molar-refractivity contribution in [3.63, 3.8) is 0 Å². The summed E-state index contributed by atoms with van der Waals surface area (Å²) in [6.45, 7) is 4.80. The normalized spacial score (nSPS) is 20.0. The Hall–Kier alpha value is -2.47. The van der Waals surface area contributed by atoms with Crippen LogP contribution in [0, 0.1) is 18.2 Å². The van der Waals surface area contributed by atoms with Crippen LogP contribution in [0.2, 0.25) is 0 Å². The van der Waals surface area contributed by atoms with E-state index in [1.807, 2.05) is 36.1 Å². The molecule has 0 unspecified atom stereocenters. The SMILES string of the molecule is Cc1ccc(CNC(=O)N(Cc2ccc(F)cn2)[C@H]2CCNCC23CC3)cc1. The predicted octanol–water partition coefficient (Wildman–Crippen LogP) is 3.38. The van der Waals surface area contributed by atoms with E-state index in [-0.39, 0.29) is 23.3 Å². The first-order chi connectivity index (χ1) is 13.6. The molecule has 1 spiro atoms. The fourth-order valence-corrected chi connectivity index (χ4v) is 4.14. The highest BCUT2D eigenvalue weighted by molar-refractivity contribution is 5.74. The summed E-state index contributed by atoms with van der Waals surface area (Å²) >= 11 is 0. The van der Waals surface area contributed by atoms with E-state index in [4.69, 9.17) is 0 Å². The maximum Gasteiger partial charge on any atom is 0.318 e. The molecule has 1 saturated carbocycles. The highest BCUT2D eigenvalue weighted by atomic mass is 19.1. The van der Waals surface area contributed by atoms with Crippen molar-refractivity contribution in [1.29, 1.82) is 0 Å². The topological polar surface area (TPSA) is 57.3 Å². The third-order valence-electron chi connectivity index (χ3n) is 5.99. The van der Waals surface area contributed by atoms with Crippen LogP contribution >= 0.6 is 0 Å². The molecular weight excluding hydrogens is 355 g/mol. The molecule has 28 heavy (non-hydrogen) atoms. The second kappa shape index (κ2) is 7.87. The predicted molar refractivity (Wildman–Crippen MR) is 106 cm³/mol. The molecule has 2 aromatic rings. The first-order valence-electron chi connectivity index (χ1n) is 9.97. The van der Waals surface area contributed by atoms with Gasteiger partial charge < -0.3 is 15.5 Å². The summed E-state index contributed by atoms with van der Waals surface area (Å²) in [7, 11) is 0. The van der Waals surface area contributed by atoms with Gasteiger partial charge in [-0.3, -0.25) is 4.98 Å². The molecule has 2 N–H and O–H groups in total. The number of nitrogens with zero attached hydrogens (tertiary/aromatic N) is 2. The Balaban J connectivity index is 1.50. The molecule has 5 nitrogen and oxygen atoms in total. The van der Waals surface area contributed by atoms with Gasteiger partial charge in [0.05, 0.1) is 18.4 Å². The maximum absolute atomic E-state index is 13.2. The van der Waals surface area contributed by atoms with Gasteiger partial charge in [-0.1, -0.05) is 29.8 Å². The molecule has 1 aromatic heterocycles. The van der Waals surface area contributed by atoms with Crippen LogP contribution < -0.4 is 10.6 Å². The van der Waals surface area contributed by atoms with Crippen molar-refractivity contribution in [3.05, 3.63) is 65.2 Å². The van der Waals surface area contributed by atoms with Gasteiger partial charge in [-0.25, -0.2) is 9.18 Å². The molecule has 1 atom stereocenters. The molecule has 4 rings (SSSR count). The minimum atomic E-state index is -0.361. The van der Waals surface area contributed by atoms with Crippen LogP contribution in [0.1, 0.15) is 36.1 Å². The summed E-state index contributed by atoms with van der Waals surface area (Å²) in [5, 5.41) is 6.55. The Morgan fingerprint density at radius 2 is 2.07 bits per heavy atom. The zero-order valence-electron chi connectivity index (χ0n) is 16.2. The van der Waals surface area contributed by atoms with E-state index in [1.54, 1.807) is 6.07 Å². The largest absolute Gasteiger partial charge is 0.334 e. The smallest absolute Gasteiger partial charge is 0.318 e. The average Bonchev–Trinajstić information content (AvgIpc) is 3.47. The first-order valence-corrected chi connectivity index (χ1v) is 9.97. The monoisotopic (exact) mass is 382 g/mol. The Morgan fingerprint density at radius 3 is 2.75 bits per heavy atom. The molecular formula is C22H27FN4O. The molecule has 148 valence electrons. The van der Waals surface area contributed by atoms with Crippen molar-refractivity contribution in [2.75, 3.05) is 13.1 Å². The number of aryl methyl sites for hydroxylation is 1. The van der Waals surface area contributed by atoms with Crippen LogP contribution in [0.15, 0.2) is 42.6 Å². The van der Waals surface area contributed by atoms with E-state index < -0.39 is 0 Å². The zero-order valence-corrected chi connectivity index (χ0v) is 16.2. The number of piperidine rings is 1. The fraction of sp³-hybridized carbons (Fsp3) is 0.455. The number of amides is 2. The van der Waals surface area contributed by atoms with Gasteiger partial charge in [0.15, 0.2) is 0 Å². The average molecular weight is 382 g/mol. The van der Waals surface area contributed by atoms with Gasteiger partial charge in [0.25, 0.3) is 0 Å². The van der Waals surface area contributed by atoms with Gasteiger partial charge in [-0.05, 0) is 50.4 Å². The lowest BCUT2D eigenvalue weighted by atomic mass is 9.88. The summed E-state index contributed by atoms with van der Waals surface area (Å²) < 4.78 is 13.2. The van der Waals surface area contributed by atoms with Gasteiger partial charge in [0.1, 0.15) is 5.82 Å². The molecule has 1 aliphatic carbocycles. The van der Waals surface area contributed by atoms with Crippen molar-refractivity contribution < 1.29 is 9.18 Å².